The molecule has 2 heterocycles. The van der Waals surface area contributed by atoms with Crippen LogP contribution in [0.5, 0.6) is 0 Å². The van der Waals surface area contributed by atoms with Gasteiger partial charge in [-0.3, -0.25) is 5.10 Å². The Morgan fingerprint density at radius 2 is 2.50 bits per heavy atom. The molecule has 5 heteroatoms. The van der Waals surface area contributed by atoms with Crippen molar-refractivity contribution in [3.63, 3.8) is 0 Å². The van der Waals surface area contributed by atoms with Gasteiger partial charge in [-0.25, -0.2) is 14.3 Å². The van der Waals surface area contributed by atoms with E-state index in [1.54, 1.807) is 10.7 Å². The van der Waals surface area contributed by atoms with Crippen molar-refractivity contribution in [2.45, 2.75) is 6.92 Å². The molecule has 0 amide bonds. The van der Waals surface area contributed by atoms with Gasteiger partial charge in [0.1, 0.15) is 5.69 Å². The summed E-state index contributed by atoms with van der Waals surface area (Å²) in [6, 6.07) is 1.50. The average molecular weight is 165 g/mol. The minimum Gasteiger partial charge on any atom is -0.477 e. The first-order valence-corrected chi connectivity index (χ1v) is 3.45. The van der Waals surface area contributed by atoms with Gasteiger partial charge in [0, 0.05) is 12.3 Å². The highest BCUT2D eigenvalue weighted by Crippen LogP contribution is 2.05. The summed E-state index contributed by atoms with van der Waals surface area (Å²) in [6.45, 7) is 1.85. The van der Waals surface area contributed by atoms with Crippen LogP contribution >= 0.6 is 0 Å². The third kappa shape index (κ3) is 0.868. The van der Waals surface area contributed by atoms with Gasteiger partial charge in [0.2, 0.25) is 0 Å². The van der Waals surface area contributed by atoms with Gasteiger partial charge in [-0.2, -0.15) is 0 Å². The maximum Gasteiger partial charge on any atom is 0.353 e. The van der Waals surface area contributed by atoms with Gasteiger partial charge in [-0.1, -0.05) is 0 Å². The van der Waals surface area contributed by atoms with Gasteiger partial charge in [-0.15, -0.1) is 0 Å². The number of aromatic nitrogens is 3. The van der Waals surface area contributed by atoms with E-state index in [9.17, 15) is 4.79 Å². The first-order chi connectivity index (χ1) is 5.66. The minimum absolute atomic E-state index is 0.150. The summed E-state index contributed by atoms with van der Waals surface area (Å²) in [5.41, 5.74) is 1.64. The zero-order valence-corrected chi connectivity index (χ0v) is 6.40. The van der Waals surface area contributed by atoms with Crippen LogP contribution in [-0.2, 0) is 0 Å². The van der Waals surface area contributed by atoms with Crippen LogP contribution in [-0.4, -0.2) is 25.7 Å². The topological polar surface area (TPSA) is 70.4 Å². The molecule has 12 heavy (non-hydrogen) atoms. The Labute approximate surface area is 67.6 Å². The molecule has 0 fully saturated rings. The lowest BCUT2D eigenvalue weighted by Crippen LogP contribution is -1.96. The van der Waals surface area contributed by atoms with E-state index < -0.39 is 5.97 Å². The zero-order valence-electron chi connectivity index (χ0n) is 6.40. The molecule has 0 radical (unpaired) electrons. The van der Waals surface area contributed by atoms with Gasteiger partial charge in [0.15, 0.2) is 5.65 Å². The van der Waals surface area contributed by atoms with Crippen molar-refractivity contribution in [2.75, 3.05) is 0 Å². The summed E-state index contributed by atoms with van der Waals surface area (Å²) >= 11 is 0. The molecule has 2 aromatic rings. The molecule has 0 aromatic carbocycles. The first kappa shape index (κ1) is 6.90. The van der Waals surface area contributed by atoms with Gasteiger partial charge < -0.3 is 5.11 Å². The number of carboxylic acids is 1. The average Bonchev–Trinajstić information content (AvgIpc) is 2.42. The molecule has 2 aromatic heterocycles. The van der Waals surface area contributed by atoms with E-state index in [0.29, 0.717) is 5.65 Å². The summed E-state index contributed by atoms with van der Waals surface area (Å²) in [6.07, 6.45) is 1.74. The maximum atomic E-state index is 10.5. The Hall–Kier alpha value is -1.78. The Morgan fingerprint density at radius 1 is 1.75 bits per heavy atom. The fourth-order valence-corrected chi connectivity index (χ4v) is 1.11. The van der Waals surface area contributed by atoms with Crippen LogP contribution in [0.1, 0.15) is 16.2 Å². The standard InChI is InChI=1S/C7H7N3O2/c1-4-3-10-6(8-4)2-5(9-10)7(11)12/h2-3,9H,1H3,(H,11,12). The quantitative estimate of drug-likeness (QED) is 0.652. The molecule has 0 aliphatic rings. The molecule has 62 valence electrons. The van der Waals surface area contributed by atoms with Crippen LogP contribution in [0.3, 0.4) is 0 Å². The predicted molar refractivity (Wildman–Crippen MR) is 41.2 cm³/mol. The first-order valence-electron chi connectivity index (χ1n) is 3.45. The van der Waals surface area contributed by atoms with Crippen molar-refractivity contribution in [1.82, 2.24) is 14.6 Å². The number of aromatic carboxylic acids is 1. The molecule has 0 unspecified atom stereocenters. The zero-order chi connectivity index (χ0) is 8.72. The number of H-pyrrole nitrogens is 1. The second kappa shape index (κ2) is 2.10. The molecule has 2 N–H and O–H groups in total. The Kier molecular flexibility index (Phi) is 1.21. The van der Waals surface area contributed by atoms with Crippen LogP contribution < -0.4 is 0 Å². The van der Waals surface area contributed by atoms with Crippen LogP contribution in [0, 0.1) is 6.92 Å². The molecule has 5 nitrogen and oxygen atoms in total. The Balaban J connectivity index is 2.64. The maximum absolute atomic E-state index is 10.5. The van der Waals surface area contributed by atoms with E-state index in [-0.39, 0.29) is 5.69 Å². The lowest BCUT2D eigenvalue weighted by atomic mass is 10.4. The molecular formula is C7H7N3O2. The second-order valence-corrected chi connectivity index (χ2v) is 2.59. The van der Waals surface area contributed by atoms with Crippen molar-refractivity contribution in [1.29, 1.82) is 0 Å². The number of hydrogen-bond donors (Lipinski definition) is 2. The van der Waals surface area contributed by atoms with Crippen molar-refractivity contribution >= 4 is 11.6 Å². The lowest BCUT2D eigenvalue weighted by molar-refractivity contribution is 0.0690. The van der Waals surface area contributed by atoms with Crippen molar-refractivity contribution in [3.05, 3.63) is 23.7 Å². The highest BCUT2D eigenvalue weighted by Gasteiger charge is 2.07. The molecule has 0 bridgehead atoms. The van der Waals surface area contributed by atoms with Crippen molar-refractivity contribution in [2.24, 2.45) is 0 Å². The number of aryl methyl sites for hydroxylation is 1. The summed E-state index contributed by atoms with van der Waals surface area (Å²) in [5.74, 6) is -0.974. The van der Waals surface area contributed by atoms with Crippen LogP contribution in [0.25, 0.3) is 5.65 Å². The van der Waals surface area contributed by atoms with E-state index in [1.165, 1.54) is 6.07 Å². The smallest absolute Gasteiger partial charge is 0.353 e. The van der Waals surface area contributed by atoms with E-state index in [0.717, 1.165) is 5.69 Å². The van der Waals surface area contributed by atoms with Gasteiger partial charge in [0.05, 0.1) is 5.69 Å². The number of hydrogen-bond acceptors (Lipinski definition) is 2. The minimum atomic E-state index is -0.974. The van der Waals surface area contributed by atoms with E-state index in [2.05, 4.69) is 10.1 Å². The number of nitrogens with zero attached hydrogens (tertiary/aromatic N) is 2. The fourth-order valence-electron chi connectivity index (χ4n) is 1.11. The largest absolute Gasteiger partial charge is 0.477 e. The third-order valence-corrected chi connectivity index (χ3v) is 1.60. The molecule has 0 aliphatic carbocycles. The van der Waals surface area contributed by atoms with E-state index in [4.69, 9.17) is 5.11 Å². The number of nitrogens with one attached hydrogen (secondary N) is 1. The number of imidazole rings is 1. The van der Waals surface area contributed by atoms with E-state index in [1.807, 2.05) is 6.92 Å². The molecule has 0 spiro atoms. The van der Waals surface area contributed by atoms with Crippen LogP contribution in [0.15, 0.2) is 12.3 Å². The molecular weight excluding hydrogens is 158 g/mol. The van der Waals surface area contributed by atoms with Gasteiger partial charge in [-0.05, 0) is 6.92 Å². The summed E-state index contributed by atoms with van der Waals surface area (Å²) < 4.78 is 1.58. The Morgan fingerprint density at radius 3 is 3.08 bits per heavy atom. The number of aromatic amines is 1. The molecule has 2 rings (SSSR count). The molecule has 0 saturated carbocycles. The third-order valence-electron chi connectivity index (χ3n) is 1.60. The van der Waals surface area contributed by atoms with Gasteiger partial charge in [0.25, 0.3) is 0 Å². The summed E-state index contributed by atoms with van der Waals surface area (Å²) in [7, 11) is 0. The normalized spacial score (nSPS) is 10.8. The summed E-state index contributed by atoms with van der Waals surface area (Å²) in [5, 5.41) is 11.3. The highest BCUT2D eigenvalue weighted by molar-refractivity contribution is 5.86. The van der Waals surface area contributed by atoms with E-state index >= 15 is 0 Å². The second-order valence-electron chi connectivity index (χ2n) is 2.59. The van der Waals surface area contributed by atoms with Crippen molar-refractivity contribution < 1.29 is 9.90 Å². The van der Waals surface area contributed by atoms with Crippen LogP contribution in [0.2, 0.25) is 0 Å². The summed E-state index contributed by atoms with van der Waals surface area (Å²) in [4.78, 5) is 14.6. The Bertz CT molecular complexity index is 409. The number of fused-ring (bicyclic) bond motifs is 1. The molecule has 0 saturated heterocycles. The molecule has 0 atom stereocenters. The number of carbonyl (C=O) groups is 1. The van der Waals surface area contributed by atoms with Crippen molar-refractivity contribution in [3.8, 4) is 0 Å². The fraction of sp³-hybridized carbons (Fsp3) is 0.143. The SMILES string of the molecule is Cc1cn2[nH]c(C(=O)O)cc2n1. The van der Waals surface area contributed by atoms with Crippen LogP contribution in [0.4, 0.5) is 0 Å². The lowest BCUT2D eigenvalue weighted by Gasteiger charge is -1.84. The predicted octanol–water partition coefficient (Wildman–Crippen LogP) is 0.669. The number of rotatable bonds is 1. The highest BCUT2D eigenvalue weighted by atomic mass is 16.4. The van der Waals surface area contributed by atoms with Gasteiger partial charge >= 0.3 is 5.97 Å². The molecule has 0 aliphatic heterocycles. The number of carboxylic acid groups (broad SMARTS) is 1. The monoisotopic (exact) mass is 165 g/mol.